The van der Waals surface area contributed by atoms with E-state index >= 15 is 0 Å². The Morgan fingerprint density at radius 3 is 2.72 bits per heavy atom. The van der Waals surface area contributed by atoms with Crippen molar-refractivity contribution in [1.82, 2.24) is 10.3 Å². The molecule has 0 radical (unpaired) electrons. The molecule has 3 N–H and O–H groups in total. The van der Waals surface area contributed by atoms with Crippen LogP contribution in [-0.4, -0.2) is 32.5 Å². The number of sulfonamides is 1. The summed E-state index contributed by atoms with van der Waals surface area (Å²) in [4.78, 5) is 15.0. The molecule has 0 unspecified atom stereocenters. The highest BCUT2D eigenvalue weighted by atomic mass is 32.2. The van der Waals surface area contributed by atoms with Gasteiger partial charge in [-0.2, -0.15) is 0 Å². The molecule has 0 saturated heterocycles. The van der Waals surface area contributed by atoms with E-state index in [4.69, 9.17) is 9.88 Å². The van der Waals surface area contributed by atoms with E-state index in [0.717, 1.165) is 18.9 Å². The van der Waals surface area contributed by atoms with Crippen LogP contribution in [0.15, 0.2) is 17.2 Å². The van der Waals surface area contributed by atoms with E-state index in [2.05, 4.69) is 10.3 Å². The quantitative estimate of drug-likeness (QED) is 0.776. The van der Waals surface area contributed by atoms with Crippen molar-refractivity contribution in [3.8, 4) is 5.75 Å². The zero-order chi connectivity index (χ0) is 13.3. The minimum absolute atomic E-state index is 0.0122. The van der Waals surface area contributed by atoms with Gasteiger partial charge in [0, 0.05) is 7.05 Å². The van der Waals surface area contributed by atoms with Gasteiger partial charge in [-0.15, -0.1) is 0 Å². The van der Waals surface area contributed by atoms with Crippen LogP contribution < -0.4 is 15.2 Å². The molecule has 1 heterocycles. The molecule has 0 bridgehead atoms. The molecule has 0 aromatic carbocycles. The molecule has 1 aromatic rings. The van der Waals surface area contributed by atoms with Crippen molar-refractivity contribution < 1.29 is 17.9 Å². The molecule has 1 aromatic heterocycles. The molecule has 8 heteroatoms. The van der Waals surface area contributed by atoms with Gasteiger partial charge in [-0.05, 0) is 18.9 Å². The van der Waals surface area contributed by atoms with E-state index in [1.54, 1.807) is 0 Å². The Balaban J connectivity index is 2.44. The number of amides is 1. The van der Waals surface area contributed by atoms with Gasteiger partial charge >= 0.3 is 0 Å². The third-order valence-electron chi connectivity index (χ3n) is 2.42. The Bertz CT molecular complexity index is 581. The maximum atomic E-state index is 11.5. The molecule has 7 nitrogen and oxygen atoms in total. The largest absolute Gasteiger partial charge is 0.487 e. The Morgan fingerprint density at radius 2 is 2.22 bits per heavy atom. The second-order valence-corrected chi connectivity index (χ2v) is 5.49. The number of nitrogens with one attached hydrogen (secondary N) is 1. The summed E-state index contributed by atoms with van der Waals surface area (Å²) < 4.78 is 28.3. The molecule has 98 valence electrons. The Hall–Kier alpha value is -1.67. The van der Waals surface area contributed by atoms with E-state index in [0.29, 0.717) is 0 Å². The monoisotopic (exact) mass is 271 g/mol. The van der Waals surface area contributed by atoms with Crippen LogP contribution in [-0.2, 0) is 10.0 Å². The summed E-state index contributed by atoms with van der Waals surface area (Å²) in [6.45, 7) is 0. The van der Waals surface area contributed by atoms with Crippen LogP contribution in [0.1, 0.15) is 23.3 Å². The Kier molecular flexibility index (Phi) is 3.22. The van der Waals surface area contributed by atoms with Crippen molar-refractivity contribution in [2.24, 2.45) is 5.14 Å². The first kappa shape index (κ1) is 12.8. The maximum absolute atomic E-state index is 11.5. The fourth-order valence-electron chi connectivity index (χ4n) is 1.35. The lowest BCUT2D eigenvalue weighted by molar-refractivity contribution is 0.0958. The van der Waals surface area contributed by atoms with Crippen LogP contribution in [0.3, 0.4) is 0 Å². The lowest BCUT2D eigenvalue weighted by Gasteiger charge is -2.10. The number of primary sulfonamides is 1. The molecule has 0 atom stereocenters. The standard InChI is InChI=1S/C10H13N3O4S/c1-12-10(14)7-4-9(18(11,15)16)8(5-13-7)17-6-2-3-6/h4-6H,2-3H2,1H3,(H,12,14)(H2,11,15,16). The number of ether oxygens (including phenoxy) is 1. The third-order valence-corrected chi connectivity index (χ3v) is 3.35. The van der Waals surface area contributed by atoms with E-state index in [1.165, 1.54) is 13.2 Å². The summed E-state index contributed by atoms with van der Waals surface area (Å²) >= 11 is 0. The summed E-state index contributed by atoms with van der Waals surface area (Å²) in [5, 5.41) is 7.45. The van der Waals surface area contributed by atoms with Crippen LogP contribution in [0.25, 0.3) is 0 Å². The SMILES string of the molecule is CNC(=O)c1cc(S(N)(=O)=O)c(OC2CC2)cn1. The minimum Gasteiger partial charge on any atom is -0.487 e. The van der Waals surface area contributed by atoms with Crippen molar-refractivity contribution in [2.75, 3.05) is 7.05 Å². The molecule has 1 aliphatic carbocycles. The van der Waals surface area contributed by atoms with Crippen molar-refractivity contribution in [1.29, 1.82) is 0 Å². The summed E-state index contributed by atoms with van der Waals surface area (Å²) in [7, 11) is -2.53. The van der Waals surface area contributed by atoms with Gasteiger partial charge in [-0.3, -0.25) is 4.79 Å². The first-order valence-electron chi connectivity index (χ1n) is 5.33. The summed E-state index contributed by atoms with van der Waals surface area (Å²) in [6.07, 6.45) is 2.98. The van der Waals surface area contributed by atoms with Gasteiger partial charge in [-0.25, -0.2) is 18.5 Å². The van der Waals surface area contributed by atoms with Crippen molar-refractivity contribution in [2.45, 2.75) is 23.8 Å². The van der Waals surface area contributed by atoms with E-state index in [9.17, 15) is 13.2 Å². The minimum atomic E-state index is -3.96. The van der Waals surface area contributed by atoms with Gasteiger partial charge < -0.3 is 10.1 Å². The van der Waals surface area contributed by atoms with Gasteiger partial charge in [0.15, 0.2) is 5.75 Å². The molecule has 0 spiro atoms. The number of hydrogen-bond donors (Lipinski definition) is 2. The van der Waals surface area contributed by atoms with E-state index in [1.807, 2.05) is 0 Å². The highest BCUT2D eigenvalue weighted by Gasteiger charge is 2.27. The molecular weight excluding hydrogens is 258 g/mol. The predicted molar refractivity (Wildman–Crippen MR) is 62.7 cm³/mol. The lowest BCUT2D eigenvalue weighted by Crippen LogP contribution is -2.21. The van der Waals surface area contributed by atoms with Crippen LogP contribution in [0.2, 0.25) is 0 Å². The molecule has 0 aliphatic heterocycles. The van der Waals surface area contributed by atoms with Crippen LogP contribution in [0.5, 0.6) is 5.75 Å². The van der Waals surface area contributed by atoms with Crippen LogP contribution >= 0.6 is 0 Å². The Labute approximate surface area is 104 Å². The topological polar surface area (TPSA) is 111 Å². The highest BCUT2D eigenvalue weighted by Crippen LogP contribution is 2.30. The number of rotatable bonds is 4. The fraction of sp³-hybridized carbons (Fsp3) is 0.400. The number of aromatic nitrogens is 1. The van der Waals surface area contributed by atoms with Crippen molar-refractivity contribution >= 4 is 15.9 Å². The van der Waals surface area contributed by atoms with Crippen molar-refractivity contribution in [3.05, 3.63) is 18.0 Å². The predicted octanol–water partition coefficient (Wildman–Crippen LogP) is -0.370. The van der Waals surface area contributed by atoms with Crippen molar-refractivity contribution in [3.63, 3.8) is 0 Å². The number of carbonyl (C=O) groups excluding carboxylic acids is 1. The van der Waals surface area contributed by atoms with E-state index in [-0.39, 0.29) is 22.4 Å². The zero-order valence-electron chi connectivity index (χ0n) is 9.71. The van der Waals surface area contributed by atoms with Crippen LogP contribution in [0.4, 0.5) is 0 Å². The van der Waals surface area contributed by atoms with Gasteiger partial charge in [0.1, 0.15) is 10.6 Å². The molecular formula is C10H13N3O4S. The molecule has 18 heavy (non-hydrogen) atoms. The molecule has 1 amide bonds. The van der Waals surface area contributed by atoms with E-state index < -0.39 is 15.9 Å². The second kappa shape index (κ2) is 4.54. The second-order valence-electron chi connectivity index (χ2n) is 3.96. The molecule has 1 fully saturated rings. The summed E-state index contributed by atoms with van der Waals surface area (Å²) in [5.74, 6) is -0.398. The van der Waals surface area contributed by atoms with Gasteiger partial charge in [-0.1, -0.05) is 0 Å². The highest BCUT2D eigenvalue weighted by molar-refractivity contribution is 7.89. The Morgan fingerprint density at radius 1 is 1.56 bits per heavy atom. The molecule has 1 saturated carbocycles. The normalized spacial score (nSPS) is 15.2. The third kappa shape index (κ3) is 2.77. The number of nitrogens with two attached hydrogens (primary N) is 1. The number of hydrogen-bond acceptors (Lipinski definition) is 5. The van der Waals surface area contributed by atoms with Gasteiger partial charge in [0.2, 0.25) is 10.0 Å². The smallest absolute Gasteiger partial charge is 0.269 e. The number of nitrogens with zero attached hydrogens (tertiary/aromatic N) is 1. The first-order valence-corrected chi connectivity index (χ1v) is 6.88. The summed E-state index contributed by atoms with van der Waals surface area (Å²) in [6, 6.07) is 1.12. The number of carbonyl (C=O) groups is 1. The molecule has 1 aliphatic rings. The van der Waals surface area contributed by atoms with Crippen LogP contribution in [0, 0.1) is 0 Å². The average molecular weight is 271 g/mol. The maximum Gasteiger partial charge on any atom is 0.269 e. The van der Waals surface area contributed by atoms with Gasteiger partial charge in [0.05, 0.1) is 12.3 Å². The van der Waals surface area contributed by atoms with Gasteiger partial charge in [0.25, 0.3) is 5.91 Å². The number of pyridine rings is 1. The zero-order valence-corrected chi connectivity index (χ0v) is 10.5. The average Bonchev–Trinajstić information content (AvgIpc) is 3.11. The molecule has 2 rings (SSSR count). The first-order chi connectivity index (χ1) is 8.41. The fourth-order valence-corrected chi connectivity index (χ4v) is 2.01. The lowest BCUT2D eigenvalue weighted by atomic mass is 10.3. The summed E-state index contributed by atoms with van der Waals surface area (Å²) in [5.41, 5.74) is -0.0235.